The number of rotatable bonds is 2. The van der Waals surface area contributed by atoms with E-state index in [4.69, 9.17) is 12.2 Å². The van der Waals surface area contributed by atoms with Crippen LogP contribution in [0.1, 0.15) is 26.3 Å². The van der Waals surface area contributed by atoms with E-state index in [-0.39, 0.29) is 5.41 Å². The Morgan fingerprint density at radius 2 is 1.83 bits per heavy atom. The third kappa shape index (κ3) is 3.13. The maximum Gasteiger partial charge on any atom is 0.215 e. The van der Waals surface area contributed by atoms with Crippen molar-refractivity contribution in [3.05, 3.63) is 40.8 Å². The first-order valence-electron chi connectivity index (χ1n) is 5.74. The maximum atomic E-state index is 4.92. The molecule has 0 saturated carbocycles. The highest BCUT2D eigenvalue weighted by atomic mass is 32.1. The lowest BCUT2D eigenvalue weighted by Gasteiger charge is -2.19. The summed E-state index contributed by atoms with van der Waals surface area (Å²) in [5.41, 5.74) is 2.43. The van der Waals surface area contributed by atoms with Crippen LogP contribution in [0, 0.1) is 4.77 Å². The third-order valence-corrected chi connectivity index (χ3v) is 2.77. The predicted molar refractivity (Wildman–Crippen MR) is 75.6 cm³/mol. The van der Waals surface area contributed by atoms with Crippen molar-refractivity contribution in [3.63, 3.8) is 0 Å². The SMILES string of the molecule is CC(C)(C)c1ccc(Nc2cn[nH]c(=S)n2)cc1. The number of anilines is 2. The Bertz CT molecular complexity index is 581. The Labute approximate surface area is 111 Å². The quantitative estimate of drug-likeness (QED) is 0.810. The van der Waals surface area contributed by atoms with Gasteiger partial charge in [0.25, 0.3) is 0 Å². The van der Waals surface area contributed by atoms with Gasteiger partial charge in [0.1, 0.15) is 0 Å². The van der Waals surface area contributed by atoms with Crippen LogP contribution in [0.2, 0.25) is 0 Å². The van der Waals surface area contributed by atoms with Crippen LogP contribution < -0.4 is 5.32 Å². The van der Waals surface area contributed by atoms with Gasteiger partial charge in [-0.25, -0.2) is 0 Å². The highest BCUT2D eigenvalue weighted by molar-refractivity contribution is 7.71. The first kappa shape index (κ1) is 12.7. The van der Waals surface area contributed by atoms with Crippen LogP contribution >= 0.6 is 12.2 Å². The van der Waals surface area contributed by atoms with Crippen molar-refractivity contribution in [2.45, 2.75) is 26.2 Å². The van der Waals surface area contributed by atoms with Crippen molar-refractivity contribution in [2.75, 3.05) is 5.32 Å². The summed E-state index contributed by atoms with van der Waals surface area (Å²) in [7, 11) is 0. The predicted octanol–water partition coefficient (Wildman–Crippen LogP) is 3.58. The van der Waals surface area contributed by atoms with Gasteiger partial charge in [-0.15, -0.1) is 0 Å². The van der Waals surface area contributed by atoms with E-state index in [2.05, 4.69) is 53.4 Å². The van der Waals surface area contributed by atoms with Crippen molar-refractivity contribution < 1.29 is 0 Å². The van der Waals surface area contributed by atoms with Crippen molar-refractivity contribution in [2.24, 2.45) is 0 Å². The molecule has 18 heavy (non-hydrogen) atoms. The summed E-state index contributed by atoms with van der Waals surface area (Å²) >= 11 is 4.92. The molecule has 0 amide bonds. The molecule has 4 nitrogen and oxygen atoms in total. The van der Waals surface area contributed by atoms with Crippen LogP contribution in [-0.4, -0.2) is 15.2 Å². The molecule has 0 saturated heterocycles. The zero-order valence-corrected chi connectivity index (χ0v) is 11.5. The van der Waals surface area contributed by atoms with Crippen LogP contribution in [-0.2, 0) is 5.41 Å². The molecule has 1 heterocycles. The second kappa shape index (κ2) is 4.86. The number of hydrogen-bond acceptors (Lipinski definition) is 4. The van der Waals surface area contributed by atoms with Gasteiger partial charge < -0.3 is 5.32 Å². The minimum absolute atomic E-state index is 0.161. The molecule has 5 heteroatoms. The molecule has 94 valence electrons. The fourth-order valence-electron chi connectivity index (χ4n) is 1.57. The van der Waals surface area contributed by atoms with Gasteiger partial charge in [-0.3, -0.25) is 5.10 Å². The van der Waals surface area contributed by atoms with E-state index in [1.54, 1.807) is 6.20 Å². The highest BCUT2D eigenvalue weighted by Gasteiger charge is 2.12. The van der Waals surface area contributed by atoms with E-state index >= 15 is 0 Å². The zero-order chi connectivity index (χ0) is 13.2. The Hall–Kier alpha value is -1.75. The molecule has 0 aliphatic carbocycles. The number of benzene rings is 1. The summed E-state index contributed by atoms with van der Waals surface area (Å²) < 4.78 is 0.367. The van der Waals surface area contributed by atoms with Gasteiger partial charge in [0.05, 0.1) is 6.20 Å². The number of nitrogens with one attached hydrogen (secondary N) is 2. The molecule has 0 atom stereocenters. The van der Waals surface area contributed by atoms with Gasteiger partial charge in [0.15, 0.2) is 5.82 Å². The Balaban J connectivity index is 2.19. The minimum atomic E-state index is 0.161. The smallest absolute Gasteiger partial charge is 0.215 e. The summed E-state index contributed by atoms with van der Waals surface area (Å²) in [6.45, 7) is 6.58. The van der Waals surface area contributed by atoms with E-state index < -0.39 is 0 Å². The number of nitrogens with zero attached hydrogens (tertiary/aromatic N) is 2. The molecule has 2 rings (SSSR count). The van der Waals surface area contributed by atoms with Crippen molar-refractivity contribution in [3.8, 4) is 0 Å². The third-order valence-electron chi connectivity index (χ3n) is 2.59. The van der Waals surface area contributed by atoms with E-state index in [9.17, 15) is 0 Å². The van der Waals surface area contributed by atoms with E-state index in [0.29, 0.717) is 10.6 Å². The molecule has 0 unspecified atom stereocenters. The number of aromatic amines is 1. The van der Waals surface area contributed by atoms with Gasteiger partial charge in [0.2, 0.25) is 4.77 Å². The molecule has 0 bridgehead atoms. The second-order valence-electron chi connectivity index (χ2n) is 5.12. The highest BCUT2D eigenvalue weighted by Crippen LogP contribution is 2.24. The molecule has 1 aromatic heterocycles. The van der Waals surface area contributed by atoms with Crippen LogP contribution in [0.15, 0.2) is 30.5 Å². The van der Waals surface area contributed by atoms with Gasteiger partial charge in [-0.1, -0.05) is 32.9 Å². The van der Waals surface area contributed by atoms with Gasteiger partial charge >= 0.3 is 0 Å². The van der Waals surface area contributed by atoms with Gasteiger partial charge in [-0.05, 0) is 35.3 Å². The van der Waals surface area contributed by atoms with Crippen molar-refractivity contribution in [1.29, 1.82) is 0 Å². The Morgan fingerprint density at radius 3 is 2.39 bits per heavy atom. The lowest BCUT2D eigenvalue weighted by molar-refractivity contribution is 0.590. The molecular weight excluding hydrogens is 244 g/mol. The summed E-state index contributed by atoms with van der Waals surface area (Å²) in [5.74, 6) is 0.641. The molecule has 0 aliphatic rings. The molecule has 1 aromatic carbocycles. The summed E-state index contributed by atoms with van der Waals surface area (Å²) in [6.07, 6.45) is 1.60. The normalized spacial score (nSPS) is 11.3. The topological polar surface area (TPSA) is 53.6 Å². The molecule has 2 aromatic rings. The Morgan fingerprint density at radius 1 is 1.17 bits per heavy atom. The Kier molecular flexibility index (Phi) is 3.43. The molecule has 0 radical (unpaired) electrons. The van der Waals surface area contributed by atoms with Crippen LogP contribution in [0.25, 0.3) is 0 Å². The fourth-order valence-corrected chi connectivity index (χ4v) is 1.72. The van der Waals surface area contributed by atoms with Gasteiger partial charge in [0, 0.05) is 5.69 Å². The fraction of sp³-hybridized carbons (Fsp3) is 0.308. The molecule has 0 fully saturated rings. The first-order valence-corrected chi connectivity index (χ1v) is 6.15. The lowest BCUT2D eigenvalue weighted by atomic mass is 9.87. The van der Waals surface area contributed by atoms with Crippen LogP contribution in [0.4, 0.5) is 11.5 Å². The average molecular weight is 260 g/mol. The lowest BCUT2D eigenvalue weighted by Crippen LogP contribution is -2.10. The van der Waals surface area contributed by atoms with E-state index in [1.807, 2.05) is 12.1 Å². The minimum Gasteiger partial charge on any atom is -0.339 e. The molecule has 0 spiro atoms. The largest absolute Gasteiger partial charge is 0.339 e. The average Bonchev–Trinajstić information content (AvgIpc) is 2.28. The van der Waals surface area contributed by atoms with Crippen LogP contribution in [0.3, 0.4) is 0 Å². The van der Waals surface area contributed by atoms with Crippen LogP contribution in [0.5, 0.6) is 0 Å². The zero-order valence-electron chi connectivity index (χ0n) is 10.7. The number of aromatic nitrogens is 3. The number of H-pyrrole nitrogens is 1. The summed E-state index contributed by atoms with van der Waals surface area (Å²) in [5, 5.41) is 9.65. The monoisotopic (exact) mass is 260 g/mol. The van der Waals surface area contributed by atoms with E-state index in [1.165, 1.54) is 5.56 Å². The van der Waals surface area contributed by atoms with E-state index in [0.717, 1.165) is 5.69 Å². The first-order chi connectivity index (χ1) is 8.45. The van der Waals surface area contributed by atoms with Crippen molar-refractivity contribution in [1.82, 2.24) is 15.2 Å². The molecule has 2 N–H and O–H groups in total. The summed E-state index contributed by atoms with van der Waals surface area (Å²) in [4.78, 5) is 4.13. The summed E-state index contributed by atoms with van der Waals surface area (Å²) in [6, 6.07) is 8.28. The standard InChI is InChI=1S/C13H16N4S/c1-13(2,3)9-4-6-10(7-5-9)15-11-8-14-17-12(18)16-11/h4-8H,1-3H3,(H2,15,16,17,18). The van der Waals surface area contributed by atoms with Gasteiger partial charge in [-0.2, -0.15) is 10.1 Å². The molecular formula is C13H16N4S. The maximum absolute atomic E-state index is 4.92. The molecule has 0 aliphatic heterocycles. The van der Waals surface area contributed by atoms with Crippen molar-refractivity contribution >= 4 is 23.7 Å². The number of hydrogen-bond donors (Lipinski definition) is 2. The second-order valence-corrected chi connectivity index (χ2v) is 5.51.